The van der Waals surface area contributed by atoms with Crippen molar-refractivity contribution >= 4 is 9.84 Å². The van der Waals surface area contributed by atoms with E-state index < -0.39 is 9.84 Å². The molecule has 38 heavy (non-hydrogen) atoms. The number of hydrogen-bond donors (Lipinski definition) is 0. The zero-order chi connectivity index (χ0) is 26.1. The standard InChI is InChI=1S/C31H32O4S.2CH4/c1-21-7-16-28(19-22(21)2)36(32,33)29-17-18-30(23(3)20-29)35-27-14-10-25(11-15-27)31(4,5)24-8-12-26(34-6)13-9-24;;/h7-20H,1-6H3;2*1H4. The third kappa shape index (κ3) is 6.11. The highest BCUT2D eigenvalue weighted by Crippen LogP contribution is 2.35. The van der Waals surface area contributed by atoms with Crippen LogP contribution >= 0.6 is 0 Å². The lowest BCUT2D eigenvalue weighted by atomic mass is 9.78. The van der Waals surface area contributed by atoms with E-state index in [1.54, 1.807) is 37.4 Å². The van der Waals surface area contributed by atoms with Gasteiger partial charge in [0, 0.05) is 5.41 Å². The molecule has 0 aliphatic rings. The number of ether oxygens (including phenoxy) is 2. The Morgan fingerprint density at radius 3 is 1.55 bits per heavy atom. The fraction of sp³-hybridized carbons (Fsp3) is 0.273. The molecule has 0 amide bonds. The molecule has 4 aromatic carbocycles. The van der Waals surface area contributed by atoms with Crippen molar-refractivity contribution in [3.05, 3.63) is 113 Å². The minimum absolute atomic E-state index is 0. The predicted octanol–water partition coefficient (Wildman–Crippen LogP) is 8.84. The van der Waals surface area contributed by atoms with Gasteiger partial charge in [0.05, 0.1) is 16.9 Å². The number of methoxy groups -OCH3 is 1. The van der Waals surface area contributed by atoms with Gasteiger partial charge in [-0.1, -0.05) is 59.0 Å². The molecule has 0 radical (unpaired) electrons. The molecule has 0 saturated heterocycles. The van der Waals surface area contributed by atoms with E-state index in [9.17, 15) is 8.42 Å². The molecule has 0 bridgehead atoms. The second-order valence-electron chi connectivity index (χ2n) is 9.66. The molecule has 0 fully saturated rings. The summed E-state index contributed by atoms with van der Waals surface area (Å²) in [5.74, 6) is 2.15. The summed E-state index contributed by atoms with van der Waals surface area (Å²) >= 11 is 0. The molecule has 4 aromatic rings. The predicted molar refractivity (Wildman–Crippen MR) is 158 cm³/mol. The molecular weight excluding hydrogens is 492 g/mol. The number of aryl methyl sites for hydroxylation is 3. The Morgan fingerprint density at radius 1 is 0.605 bits per heavy atom. The molecule has 0 aliphatic heterocycles. The summed E-state index contributed by atoms with van der Waals surface area (Å²) in [5, 5.41) is 0. The molecule has 4 nitrogen and oxygen atoms in total. The lowest BCUT2D eigenvalue weighted by Crippen LogP contribution is -2.18. The van der Waals surface area contributed by atoms with Gasteiger partial charge in [-0.2, -0.15) is 0 Å². The summed E-state index contributed by atoms with van der Waals surface area (Å²) in [7, 11) is -1.94. The number of rotatable bonds is 7. The Hall–Kier alpha value is -3.57. The van der Waals surface area contributed by atoms with Crippen LogP contribution in [0.15, 0.2) is 94.7 Å². The summed E-state index contributed by atoms with van der Waals surface area (Å²) in [6.07, 6.45) is 0. The highest BCUT2D eigenvalue weighted by molar-refractivity contribution is 7.91. The molecule has 0 heterocycles. The Balaban J connectivity index is 0.00000253. The Kier molecular flexibility index (Phi) is 9.57. The number of hydrogen-bond acceptors (Lipinski definition) is 4. The lowest BCUT2D eigenvalue weighted by molar-refractivity contribution is 0.414. The lowest BCUT2D eigenvalue weighted by Gasteiger charge is -2.26. The molecule has 0 atom stereocenters. The van der Waals surface area contributed by atoms with Crippen molar-refractivity contribution in [1.82, 2.24) is 0 Å². The van der Waals surface area contributed by atoms with E-state index in [0.29, 0.717) is 16.4 Å². The van der Waals surface area contributed by atoms with Gasteiger partial charge in [-0.25, -0.2) is 8.42 Å². The van der Waals surface area contributed by atoms with Crippen molar-refractivity contribution in [2.24, 2.45) is 0 Å². The third-order valence-electron chi connectivity index (χ3n) is 6.86. The summed E-state index contributed by atoms with van der Waals surface area (Å²) in [4.78, 5) is 0.556. The maximum absolute atomic E-state index is 13.2. The molecule has 5 heteroatoms. The molecule has 0 aromatic heterocycles. The van der Waals surface area contributed by atoms with Crippen LogP contribution in [0.25, 0.3) is 0 Å². The van der Waals surface area contributed by atoms with E-state index in [4.69, 9.17) is 9.47 Å². The smallest absolute Gasteiger partial charge is 0.206 e. The monoisotopic (exact) mass is 532 g/mol. The maximum atomic E-state index is 13.2. The van der Waals surface area contributed by atoms with Crippen LogP contribution in [0.4, 0.5) is 0 Å². The number of sulfone groups is 1. The van der Waals surface area contributed by atoms with Crippen molar-refractivity contribution in [2.45, 2.75) is 64.7 Å². The van der Waals surface area contributed by atoms with Crippen molar-refractivity contribution in [3.63, 3.8) is 0 Å². The van der Waals surface area contributed by atoms with Gasteiger partial charge < -0.3 is 9.47 Å². The van der Waals surface area contributed by atoms with Crippen molar-refractivity contribution in [1.29, 1.82) is 0 Å². The highest BCUT2D eigenvalue weighted by Gasteiger charge is 2.23. The molecule has 4 rings (SSSR count). The number of benzene rings is 4. The first-order valence-corrected chi connectivity index (χ1v) is 13.4. The Bertz CT molecular complexity index is 1480. The summed E-state index contributed by atoms with van der Waals surface area (Å²) in [6.45, 7) is 10.1. The fourth-order valence-corrected chi connectivity index (χ4v) is 5.59. The summed E-state index contributed by atoms with van der Waals surface area (Å²) in [5.41, 5.74) is 4.92. The third-order valence-corrected chi connectivity index (χ3v) is 8.61. The van der Waals surface area contributed by atoms with Gasteiger partial charge in [0.25, 0.3) is 0 Å². The van der Waals surface area contributed by atoms with Crippen LogP contribution in [0.2, 0.25) is 0 Å². The average molecular weight is 533 g/mol. The van der Waals surface area contributed by atoms with Gasteiger partial charge in [0.1, 0.15) is 17.2 Å². The van der Waals surface area contributed by atoms with Gasteiger partial charge in [-0.3, -0.25) is 0 Å². The zero-order valence-electron chi connectivity index (χ0n) is 21.6. The van der Waals surface area contributed by atoms with Crippen molar-refractivity contribution < 1.29 is 17.9 Å². The van der Waals surface area contributed by atoms with E-state index in [1.165, 1.54) is 5.56 Å². The van der Waals surface area contributed by atoms with Gasteiger partial charge in [0.15, 0.2) is 0 Å². The Labute approximate surface area is 229 Å². The van der Waals surface area contributed by atoms with E-state index in [0.717, 1.165) is 28.0 Å². The summed E-state index contributed by atoms with van der Waals surface area (Å²) < 4.78 is 37.7. The quantitative estimate of drug-likeness (QED) is 0.239. The molecule has 0 spiro atoms. The molecule has 202 valence electrons. The second-order valence-corrected chi connectivity index (χ2v) is 11.6. The van der Waals surface area contributed by atoms with Gasteiger partial charge in [-0.05, 0) is 103 Å². The Morgan fingerprint density at radius 2 is 1.08 bits per heavy atom. The van der Waals surface area contributed by atoms with Crippen molar-refractivity contribution in [2.75, 3.05) is 7.11 Å². The van der Waals surface area contributed by atoms with Crippen molar-refractivity contribution in [3.8, 4) is 17.2 Å². The van der Waals surface area contributed by atoms with Crippen LogP contribution in [-0.2, 0) is 15.3 Å². The van der Waals surface area contributed by atoms with Gasteiger partial charge in [0.2, 0.25) is 9.84 Å². The average Bonchev–Trinajstić information content (AvgIpc) is 2.87. The van der Waals surface area contributed by atoms with Gasteiger partial charge in [-0.15, -0.1) is 0 Å². The molecule has 0 aliphatic carbocycles. The first-order valence-electron chi connectivity index (χ1n) is 11.9. The van der Waals surface area contributed by atoms with Crippen LogP contribution < -0.4 is 9.47 Å². The molecular formula is C33H40O4S. The fourth-order valence-electron chi connectivity index (χ4n) is 4.16. The van der Waals surface area contributed by atoms with Crippen LogP contribution in [0, 0.1) is 20.8 Å². The largest absolute Gasteiger partial charge is 0.497 e. The van der Waals surface area contributed by atoms with E-state index in [-0.39, 0.29) is 25.2 Å². The highest BCUT2D eigenvalue weighted by atomic mass is 32.2. The molecule has 0 N–H and O–H groups in total. The minimum Gasteiger partial charge on any atom is -0.497 e. The van der Waals surface area contributed by atoms with Crippen LogP contribution in [0.1, 0.15) is 56.5 Å². The van der Waals surface area contributed by atoms with Crippen LogP contribution in [0.3, 0.4) is 0 Å². The zero-order valence-corrected chi connectivity index (χ0v) is 22.4. The topological polar surface area (TPSA) is 52.6 Å². The maximum Gasteiger partial charge on any atom is 0.206 e. The SMILES string of the molecule is C.C.COc1ccc(C(C)(C)c2ccc(Oc3ccc(S(=O)(=O)c4ccc(C)c(C)c4)cc3C)cc2)cc1. The van der Waals surface area contributed by atoms with E-state index in [1.807, 2.05) is 51.1 Å². The van der Waals surface area contributed by atoms with E-state index >= 15 is 0 Å². The van der Waals surface area contributed by atoms with Crippen LogP contribution in [0.5, 0.6) is 17.2 Å². The minimum atomic E-state index is -3.61. The molecule has 0 unspecified atom stereocenters. The molecule has 0 saturated carbocycles. The second kappa shape index (κ2) is 11.9. The normalized spacial score (nSPS) is 11.2. The summed E-state index contributed by atoms with van der Waals surface area (Å²) in [6, 6.07) is 26.3. The first-order chi connectivity index (χ1) is 17.0. The van der Waals surface area contributed by atoms with E-state index in [2.05, 4.69) is 38.1 Å². The van der Waals surface area contributed by atoms with Gasteiger partial charge >= 0.3 is 0 Å². The first kappa shape index (κ1) is 30.7. The van der Waals surface area contributed by atoms with Crippen LogP contribution in [-0.4, -0.2) is 15.5 Å².